The fourth-order valence-electron chi connectivity index (χ4n) is 3.98. The maximum absolute atomic E-state index is 12.2. The summed E-state index contributed by atoms with van der Waals surface area (Å²) in [5, 5.41) is 10.9. The highest BCUT2D eigenvalue weighted by Crippen LogP contribution is 2.38. The molecular formula is C19H25N2O4+. The minimum atomic E-state index is -0.806. The number of nitrogens with zero attached hydrogens (tertiary/aromatic N) is 2. The van der Waals surface area contributed by atoms with E-state index in [1.807, 2.05) is 40.0 Å². The average molecular weight is 345 g/mol. The molecule has 3 rings (SSSR count). The molecule has 0 bridgehead atoms. The van der Waals surface area contributed by atoms with Crippen molar-refractivity contribution in [3.05, 3.63) is 35.0 Å². The van der Waals surface area contributed by atoms with Crippen LogP contribution in [0.25, 0.3) is 10.9 Å². The summed E-state index contributed by atoms with van der Waals surface area (Å²) in [7, 11) is 3.36. The van der Waals surface area contributed by atoms with Gasteiger partial charge in [-0.2, -0.15) is 4.79 Å². The Bertz CT molecular complexity index is 876. The number of quaternary nitrogens is 1. The molecule has 0 spiro atoms. The summed E-state index contributed by atoms with van der Waals surface area (Å²) in [4.78, 5) is 24.1. The molecule has 0 radical (unpaired) electrons. The van der Waals surface area contributed by atoms with Crippen LogP contribution in [0.2, 0.25) is 0 Å². The van der Waals surface area contributed by atoms with Gasteiger partial charge in [0.2, 0.25) is 0 Å². The van der Waals surface area contributed by atoms with Gasteiger partial charge in [-0.3, -0.25) is 0 Å². The molecule has 1 N–H and O–H groups in total. The summed E-state index contributed by atoms with van der Waals surface area (Å²) in [6.45, 7) is 6.88. The molecule has 6 heteroatoms. The van der Waals surface area contributed by atoms with Crippen LogP contribution in [0.4, 0.5) is 4.79 Å². The van der Waals surface area contributed by atoms with Gasteiger partial charge in [-0.05, 0) is 39.0 Å². The largest absolute Gasteiger partial charge is 0.514 e. The lowest BCUT2D eigenvalue weighted by Gasteiger charge is -2.45. The van der Waals surface area contributed by atoms with Gasteiger partial charge in [0.15, 0.2) is 0 Å². The molecule has 6 nitrogen and oxygen atoms in total. The maximum atomic E-state index is 12.2. The average Bonchev–Trinajstić information content (AvgIpc) is 2.84. The Kier molecular flexibility index (Phi) is 3.91. The van der Waals surface area contributed by atoms with Crippen LogP contribution in [-0.2, 0) is 24.8 Å². The van der Waals surface area contributed by atoms with Gasteiger partial charge in [-0.1, -0.05) is 0 Å². The van der Waals surface area contributed by atoms with Crippen LogP contribution < -0.4 is 0 Å². The van der Waals surface area contributed by atoms with Crippen LogP contribution in [0, 0.1) is 0 Å². The standard InChI is InChI=1S/C19H24N2O4/c1-19(2,3)21(18(23)24)9-8-16-14(11-21)13-10-12(17(22)25-5)6-7-15(13)20(16)4/h6-7,10H,8-9,11H2,1-5H3/p+1. The van der Waals surface area contributed by atoms with E-state index in [2.05, 4.69) is 4.57 Å². The molecular weight excluding hydrogens is 320 g/mol. The van der Waals surface area contributed by atoms with Gasteiger partial charge in [-0.25, -0.2) is 9.28 Å². The van der Waals surface area contributed by atoms with Crippen molar-refractivity contribution >= 4 is 23.0 Å². The highest BCUT2D eigenvalue weighted by molar-refractivity contribution is 5.96. The predicted molar refractivity (Wildman–Crippen MR) is 94.6 cm³/mol. The quantitative estimate of drug-likeness (QED) is 0.636. The van der Waals surface area contributed by atoms with E-state index in [-0.39, 0.29) is 10.5 Å². The molecule has 1 atom stereocenters. The Morgan fingerprint density at radius 2 is 1.96 bits per heavy atom. The Balaban J connectivity index is 2.22. The number of rotatable bonds is 1. The summed E-state index contributed by atoms with van der Waals surface area (Å²) < 4.78 is 6.93. The molecule has 1 aromatic heterocycles. The third-order valence-electron chi connectivity index (χ3n) is 5.67. The van der Waals surface area contributed by atoms with E-state index >= 15 is 0 Å². The molecule has 134 valence electrons. The van der Waals surface area contributed by atoms with Gasteiger partial charge in [-0.15, -0.1) is 0 Å². The molecule has 0 aliphatic carbocycles. The number of amides is 1. The van der Waals surface area contributed by atoms with E-state index in [0.29, 0.717) is 25.1 Å². The van der Waals surface area contributed by atoms with Crippen LogP contribution >= 0.6 is 0 Å². The number of hydrogen-bond donors (Lipinski definition) is 1. The summed E-state index contributed by atoms with van der Waals surface area (Å²) in [6, 6.07) is 5.49. The Hall–Kier alpha value is -2.34. The first kappa shape index (κ1) is 17.5. The minimum Gasteiger partial charge on any atom is -0.465 e. The fourth-order valence-corrected chi connectivity index (χ4v) is 3.98. The second kappa shape index (κ2) is 5.59. The van der Waals surface area contributed by atoms with E-state index in [1.165, 1.54) is 7.11 Å². The third kappa shape index (κ3) is 2.43. The lowest BCUT2D eigenvalue weighted by molar-refractivity contribution is -0.917. The molecule has 1 aromatic carbocycles. The number of ether oxygens (including phenoxy) is 1. The lowest BCUT2D eigenvalue weighted by Crippen LogP contribution is -2.64. The molecule has 0 saturated heterocycles. The summed E-state index contributed by atoms with van der Waals surface area (Å²) in [5.74, 6) is -0.384. The van der Waals surface area contributed by atoms with Gasteiger partial charge >= 0.3 is 12.1 Å². The van der Waals surface area contributed by atoms with E-state index in [4.69, 9.17) is 4.74 Å². The Morgan fingerprint density at radius 1 is 1.28 bits per heavy atom. The predicted octanol–water partition coefficient (Wildman–Crippen LogP) is 3.31. The van der Waals surface area contributed by atoms with E-state index < -0.39 is 11.6 Å². The molecule has 0 fully saturated rings. The van der Waals surface area contributed by atoms with E-state index in [1.54, 1.807) is 6.07 Å². The van der Waals surface area contributed by atoms with Crippen LogP contribution in [0.3, 0.4) is 0 Å². The third-order valence-corrected chi connectivity index (χ3v) is 5.67. The first-order valence-corrected chi connectivity index (χ1v) is 8.41. The van der Waals surface area contributed by atoms with Crippen LogP contribution in [0.5, 0.6) is 0 Å². The van der Waals surface area contributed by atoms with Crippen molar-refractivity contribution in [3.63, 3.8) is 0 Å². The number of esters is 1. The number of methoxy groups -OCH3 is 1. The second-order valence-corrected chi connectivity index (χ2v) is 7.76. The van der Waals surface area contributed by atoms with Gasteiger partial charge in [0.1, 0.15) is 12.1 Å². The van der Waals surface area contributed by atoms with Crippen LogP contribution in [-0.4, -0.2) is 45.4 Å². The van der Waals surface area contributed by atoms with Gasteiger partial charge in [0, 0.05) is 35.6 Å². The molecule has 1 amide bonds. The number of aryl methyl sites for hydroxylation is 1. The molecule has 25 heavy (non-hydrogen) atoms. The molecule has 0 saturated carbocycles. The number of fused-ring (bicyclic) bond motifs is 3. The van der Waals surface area contributed by atoms with Crippen LogP contribution in [0.15, 0.2) is 18.2 Å². The summed E-state index contributed by atoms with van der Waals surface area (Å²) in [5.41, 5.74) is 3.24. The van der Waals surface area contributed by atoms with Gasteiger partial charge in [0.05, 0.1) is 19.2 Å². The number of aromatic nitrogens is 1. The number of benzene rings is 1. The van der Waals surface area contributed by atoms with Crippen molar-refractivity contribution in [3.8, 4) is 0 Å². The summed E-state index contributed by atoms with van der Waals surface area (Å²) >= 11 is 0. The minimum absolute atomic E-state index is 0.0123. The maximum Gasteiger partial charge on any atom is 0.514 e. The fraction of sp³-hybridized carbons (Fsp3) is 0.474. The monoisotopic (exact) mass is 345 g/mol. The van der Waals surface area contributed by atoms with E-state index in [9.17, 15) is 14.7 Å². The first-order valence-electron chi connectivity index (χ1n) is 8.41. The zero-order valence-electron chi connectivity index (χ0n) is 15.4. The number of carbonyl (C=O) groups is 2. The van der Waals surface area contributed by atoms with Crippen molar-refractivity contribution in [1.82, 2.24) is 4.57 Å². The smallest absolute Gasteiger partial charge is 0.465 e. The van der Waals surface area contributed by atoms with Crippen LogP contribution in [0.1, 0.15) is 42.4 Å². The first-order chi connectivity index (χ1) is 11.6. The Morgan fingerprint density at radius 3 is 2.52 bits per heavy atom. The highest BCUT2D eigenvalue weighted by atomic mass is 16.5. The molecule has 2 heterocycles. The molecule has 2 aromatic rings. The lowest BCUT2D eigenvalue weighted by atomic mass is 9.93. The number of carboxylic acid groups (broad SMARTS) is 1. The second-order valence-electron chi connectivity index (χ2n) is 7.76. The van der Waals surface area contributed by atoms with Gasteiger partial charge in [0.25, 0.3) is 0 Å². The number of carbonyl (C=O) groups excluding carboxylic acids is 1. The van der Waals surface area contributed by atoms with Crippen molar-refractivity contribution in [1.29, 1.82) is 0 Å². The topological polar surface area (TPSA) is 68.5 Å². The van der Waals surface area contributed by atoms with Gasteiger partial charge < -0.3 is 14.4 Å². The molecule has 1 unspecified atom stereocenters. The summed E-state index contributed by atoms with van der Waals surface area (Å²) in [6.07, 6.45) is -0.114. The Labute approximate surface area is 147 Å². The highest BCUT2D eigenvalue weighted by Gasteiger charge is 2.50. The van der Waals surface area contributed by atoms with Crippen molar-refractivity contribution in [2.24, 2.45) is 7.05 Å². The van der Waals surface area contributed by atoms with E-state index in [0.717, 1.165) is 22.2 Å². The van der Waals surface area contributed by atoms with Crippen molar-refractivity contribution < 1.29 is 23.9 Å². The SMILES string of the molecule is COC(=O)c1ccc2c(c1)c1c(n2C)CC[N+](C(=O)O)(C(C)(C)C)C1. The molecule has 1 aliphatic rings. The van der Waals surface area contributed by atoms with Crippen molar-refractivity contribution in [2.75, 3.05) is 13.7 Å². The zero-order chi connectivity index (χ0) is 18.6. The number of hydrogen-bond acceptors (Lipinski definition) is 3. The normalized spacial score (nSPS) is 20.4. The van der Waals surface area contributed by atoms with Crippen molar-refractivity contribution in [2.45, 2.75) is 39.3 Å². The molecule has 1 aliphatic heterocycles. The zero-order valence-corrected chi connectivity index (χ0v) is 15.4.